The maximum absolute atomic E-state index is 11.4. The minimum Gasteiger partial charge on any atom is -0.493 e. The van der Waals surface area contributed by atoms with Crippen LogP contribution in [0.2, 0.25) is 0 Å². The zero-order valence-electron chi connectivity index (χ0n) is 11.1. The SMILES string of the molecule is CCCCOc1ccc2c(C)cc(=O)oc2c1C. The second kappa shape index (κ2) is 5.25. The lowest BCUT2D eigenvalue weighted by Gasteiger charge is -2.10. The van der Waals surface area contributed by atoms with E-state index in [9.17, 15) is 4.79 Å². The Kier molecular flexibility index (Phi) is 3.70. The van der Waals surface area contributed by atoms with E-state index < -0.39 is 0 Å². The summed E-state index contributed by atoms with van der Waals surface area (Å²) < 4.78 is 11.0. The zero-order valence-corrected chi connectivity index (χ0v) is 11.1. The van der Waals surface area contributed by atoms with Crippen LogP contribution in [-0.2, 0) is 0 Å². The molecule has 0 saturated heterocycles. The van der Waals surface area contributed by atoms with E-state index in [0.717, 1.165) is 35.1 Å². The molecule has 0 atom stereocenters. The van der Waals surface area contributed by atoms with Crippen LogP contribution in [0.25, 0.3) is 11.0 Å². The topological polar surface area (TPSA) is 39.4 Å². The van der Waals surface area contributed by atoms with Crippen molar-refractivity contribution in [1.29, 1.82) is 0 Å². The van der Waals surface area contributed by atoms with Crippen molar-refractivity contribution in [2.45, 2.75) is 33.6 Å². The molecule has 3 heteroatoms. The Morgan fingerprint density at radius 1 is 1.28 bits per heavy atom. The summed E-state index contributed by atoms with van der Waals surface area (Å²) in [5.41, 5.74) is 2.15. The van der Waals surface area contributed by atoms with E-state index in [0.29, 0.717) is 12.2 Å². The fourth-order valence-electron chi connectivity index (χ4n) is 1.98. The summed E-state index contributed by atoms with van der Waals surface area (Å²) in [6.07, 6.45) is 2.12. The number of benzene rings is 1. The molecule has 0 bridgehead atoms. The standard InChI is InChI=1S/C15H18O3/c1-4-5-8-17-13-7-6-12-10(2)9-14(16)18-15(12)11(13)3/h6-7,9H,4-5,8H2,1-3H3. The van der Waals surface area contributed by atoms with Gasteiger partial charge in [-0.1, -0.05) is 13.3 Å². The molecule has 1 heterocycles. The van der Waals surface area contributed by atoms with Gasteiger partial charge in [0, 0.05) is 17.0 Å². The van der Waals surface area contributed by atoms with Gasteiger partial charge in [0.25, 0.3) is 0 Å². The van der Waals surface area contributed by atoms with E-state index in [1.54, 1.807) is 0 Å². The van der Waals surface area contributed by atoms with Gasteiger partial charge in [0.15, 0.2) is 0 Å². The van der Waals surface area contributed by atoms with Crippen molar-refractivity contribution in [3.63, 3.8) is 0 Å². The van der Waals surface area contributed by atoms with Gasteiger partial charge in [-0.25, -0.2) is 4.79 Å². The van der Waals surface area contributed by atoms with Crippen LogP contribution in [0.5, 0.6) is 5.75 Å². The Labute approximate surface area is 106 Å². The molecule has 2 rings (SSSR count). The van der Waals surface area contributed by atoms with Crippen molar-refractivity contribution in [3.8, 4) is 5.75 Å². The third-order valence-electron chi connectivity index (χ3n) is 3.07. The molecule has 1 aromatic heterocycles. The van der Waals surface area contributed by atoms with Gasteiger partial charge in [0.05, 0.1) is 6.61 Å². The van der Waals surface area contributed by atoms with Gasteiger partial charge in [-0.15, -0.1) is 0 Å². The molecule has 0 unspecified atom stereocenters. The summed E-state index contributed by atoms with van der Waals surface area (Å²) in [4.78, 5) is 11.4. The predicted molar refractivity (Wildman–Crippen MR) is 72.4 cm³/mol. The first kappa shape index (κ1) is 12.7. The summed E-state index contributed by atoms with van der Waals surface area (Å²) >= 11 is 0. The summed E-state index contributed by atoms with van der Waals surface area (Å²) in [6.45, 7) is 6.65. The third kappa shape index (κ3) is 2.40. The van der Waals surface area contributed by atoms with Gasteiger partial charge in [0.2, 0.25) is 0 Å². The quantitative estimate of drug-likeness (QED) is 0.611. The van der Waals surface area contributed by atoms with Gasteiger partial charge in [-0.2, -0.15) is 0 Å². The molecule has 0 aliphatic heterocycles. The van der Waals surface area contributed by atoms with E-state index in [4.69, 9.17) is 9.15 Å². The maximum atomic E-state index is 11.4. The van der Waals surface area contributed by atoms with Crippen molar-refractivity contribution in [2.75, 3.05) is 6.61 Å². The first-order valence-corrected chi connectivity index (χ1v) is 6.30. The summed E-state index contributed by atoms with van der Waals surface area (Å²) in [5, 5.41) is 0.968. The van der Waals surface area contributed by atoms with Crippen LogP contribution in [0.4, 0.5) is 0 Å². The zero-order chi connectivity index (χ0) is 13.1. The summed E-state index contributed by atoms with van der Waals surface area (Å²) in [5.74, 6) is 0.796. The van der Waals surface area contributed by atoms with E-state index >= 15 is 0 Å². The summed E-state index contributed by atoms with van der Waals surface area (Å²) in [7, 11) is 0. The lowest BCUT2D eigenvalue weighted by atomic mass is 10.1. The lowest BCUT2D eigenvalue weighted by molar-refractivity contribution is 0.307. The van der Waals surface area contributed by atoms with Crippen LogP contribution in [0.3, 0.4) is 0 Å². The molecule has 0 fully saturated rings. The highest BCUT2D eigenvalue weighted by Gasteiger charge is 2.09. The molecule has 18 heavy (non-hydrogen) atoms. The van der Waals surface area contributed by atoms with Crippen LogP contribution >= 0.6 is 0 Å². The van der Waals surface area contributed by atoms with E-state index in [1.807, 2.05) is 26.0 Å². The Morgan fingerprint density at radius 2 is 2.06 bits per heavy atom. The van der Waals surface area contributed by atoms with Crippen LogP contribution < -0.4 is 10.4 Å². The molecule has 0 aliphatic carbocycles. The van der Waals surface area contributed by atoms with E-state index in [-0.39, 0.29) is 5.63 Å². The molecule has 2 aromatic rings. The van der Waals surface area contributed by atoms with Crippen molar-refractivity contribution in [2.24, 2.45) is 0 Å². The largest absolute Gasteiger partial charge is 0.493 e. The van der Waals surface area contributed by atoms with Crippen LogP contribution in [0.1, 0.15) is 30.9 Å². The van der Waals surface area contributed by atoms with Crippen molar-refractivity contribution in [3.05, 3.63) is 39.7 Å². The lowest BCUT2D eigenvalue weighted by Crippen LogP contribution is -2.02. The molecule has 0 N–H and O–H groups in total. The molecular weight excluding hydrogens is 228 g/mol. The molecule has 0 aliphatic rings. The predicted octanol–water partition coefficient (Wildman–Crippen LogP) is 3.59. The monoisotopic (exact) mass is 246 g/mol. The molecule has 0 radical (unpaired) electrons. The average molecular weight is 246 g/mol. The number of hydrogen-bond acceptors (Lipinski definition) is 3. The number of fused-ring (bicyclic) bond motifs is 1. The van der Waals surface area contributed by atoms with Crippen molar-refractivity contribution in [1.82, 2.24) is 0 Å². The first-order valence-electron chi connectivity index (χ1n) is 6.30. The van der Waals surface area contributed by atoms with E-state index in [1.165, 1.54) is 6.07 Å². The molecular formula is C15H18O3. The Hall–Kier alpha value is -1.77. The molecule has 3 nitrogen and oxygen atoms in total. The molecule has 0 spiro atoms. The van der Waals surface area contributed by atoms with Gasteiger partial charge >= 0.3 is 5.63 Å². The Balaban J connectivity index is 2.46. The highest BCUT2D eigenvalue weighted by molar-refractivity contribution is 5.84. The second-order valence-corrected chi connectivity index (χ2v) is 4.52. The maximum Gasteiger partial charge on any atom is 0.336 e. The van der Waals surface area contributed by atoms with Gasteiger partial charge in [-0.05, 0) is 38.0 Å². The minimum absolute atomic E-state index is 0.311. The van der Waals surface area contributed by atoms with Crippen LogP contribution in [0, 0.1) is 13.8 Å². The number of hydrogen-bond donors (Lipinski definition) is 0. The Morgan fingerprint density at radius 3 is 2.78 bits per heavy atom. The van der Waals surface area contributed by atoms with Gasteiger partial charge in [0.1, 0.15) is 11.3 Å². The molecule has 0 saturated carbocycles. The van der Waals surface area contributed by atoms with Crippen molar-refractivity contribution < 1.29 is 9.15 Å². The van der Waals surface area contributed by atoms with Gasteiger partial charge < -0.3 is 9.15 Å². The molecule has 1 aromatic carbocycles. The van der Waals surface area contributed by atoms with Crippen molar-refractivity contribution >= 4 is 11.0 Å². The second-order valence-electron chi connectivity index (χ2n) is 4.52. The first-order chi connectivity index (χ1) is 8.63. The van der Waals surface area contributed by atoms with Crippen LogP contribution in [0.15, 0.2) is 27.4 Å². The van der Waals surface area contributed by atoms with E-state index in [2.05, 4.69) is 6.92 Å². The normalized spacial score (nSPS) is 10.8. The van der Waals surface area contributed by atoms with Gasteiger partial charge in [-0.3, -0.25) is 0 Å². The highest BCUT2D eigenvalue weighted by Crippen LogP contribution is 2.28. The average Bonchev–Trinajstić information content (AvgIpc) is 2.33. The smallest absolute Gasteiger partial charge is 0.336 e. The summed E-state index contributed by atoms with van der Waals surface area (Å²) in [6, 6.07) is 5.40. The molecule has 0 amide bonds. The fourth-order valence-corrected chi connectivity index (χ4v) is 1.98. The third-order valence-corrected chi connectivity index (χ3v) is 3.07. The minimum atomic E-state index is -0.311. The number of rotatable bonds is 4. The fraction of sp³-hybridized carbons (Fsp3) is 0.400. The highest BCUT2D eigenvalue weighted by atomic mass is 16.5. The molecule has 96 valence electrons. The Bertz CT molecular complexity index is 611. The number of ether oxygens (including phenoxy) is 1. The number of unbranched alkanes of at least 4 members (excludes halogenated alkanes) is 1. The van der Waals surface area contributed by atoms with Crippen LogP contribution in [-0.4, -0.2) is 6.61 Å². The number of aryl methyl sites for hydroxylation is 2.